The number of anilines is 1. The Kier molecular flexibility index (Phi) is 4.86. The Labute approximate surface area is 156 Å². The van der Waals surface area contributed by atoms with Crippen LogP contribution in [0.1, 0.15) is 0 Å². The second kappa shape index (κ2) is 7.43. The number of rotatable bonds is 5. The fraction of sp³-hybridized carbons (Fsp3) is 0.316. The molecule has 1 fully saturated rings. The third kappa shape index (κ3) is 3.71. The second-order valence-corrected chi connectivity index (χ2v) is 6.82. The molecular weight excluding hydrogens is 352 g/mol. The van der Waals surface area contributed by atoms with Gasteiger partial charge in [-0.15, -0.1) is 0 Å². The number of fused-ring (bicyclic) bond motifs is 1. The van der Waals surface area contributed by atoms with Crippen molar-refractivity contribution in [1.82, 2.24) is 14.9 Å². The van der Waals surface area contributed by atoms with E-state index in [1.807, 2.05) is 36.4 Å². The maximum absolute atomic E-state index is 11.3. The minimum absolute atomic E-state index is 0.200. The van der Waals surface area contributed by atoms with Gasteiger partial charge in [0.25, 0.3) is 0 Å². The van der Waals surface area contributed by atoms with Crippen LogP contribution in [0.3, 0.4) is 0 Å². The highest BCUT2D eigenvalue weighted by Crippen LogP contribution is 2.26. The summed E-state index contributed by atoms with van der Waals surface area (Å²) < 4.78 is 5.84. The Morgan fingerprint density at radius 2 is 1.77 bits per heavy atom. The average Bonchev–Trinajstić information content (AvgIpc) is 3.02. The monoisotopic (exact) mass is 372 g/mol. The number of H-pyrrole nitrogens is 2. The zero-order valence-electron chi connectivity index (χ0n) is 14.4. The predicted octanol–water partition coefficient (Wildman–Crippen LogP) is 2.71. The predicted molar refractivity (Wildman–Crippen MR) is 105 cm³/mol. The molecule has 6 nitrogen and oxygen atoms in total. The van der Waals surface area contributed by atoms with Crippen LogP contribution in [0.2, 0.25) is 5.02 Å². The minimum atomic E-state index is -0.200. The lowest BCUT2D eigenvalue weighted by Crippen LogP contribution is -2.47. The Morgan fingerprint density at radius 3 is 2.58 bits per heavy atom. The highest BCUT2D eigenvalue weighted by atomic mass is 35.5. The fourth-order valence-electron chi connectivity index (χ4n) is 3.31. The van der Waals surface area contributed by atoms with Gasteiger partial charge in [0.1, 0.15) is 12.4 Å². The summed E-state index contributed by atoms with van der Waals surface area (Å²) >= 11 is 6.29. The Bertz CT molecular complexity index is 944. The molecule has 0 unspecified atom stereocenters. The summed E-state index contributed by atoms with van der Waals surface area (Å²) in [6.07, 6.45) is 0. The molecule has 0 radical (unpaired) electrons. The summed E-state index contributed by atoms with van der Waals surface area (Å²) in [6, 6.07) is 13.6. The standard InChI is InChI=1S/C19H21ClN4O2/c20-15-3-1-2-4-18(15)24-9-7-23(8-10-24)11-12-26-14-5-6-16-17(13-14)22-19(25)21-16/h1-6,13H,7-12H2,(H2,21,22,25). The topological polar surface area (TPSA) is 64.4 Å². The average molecular weight is 373 g/mol. The quantitative estimate of drug-likeness (QED) is 0.722. The van der Waals surface area contributed by atoms with Crippen molar-refractivity contribution < 1.29 is 4.74 Å². The van der Waals surface area contributed by atoms with Gasteiger partial charge in [0.15, 0.2) is 0 Å². The molecule has 3 aromatic rings. The van der Waals surface area contributed by atoms with Gasteiger partial charge in [-0.25, -0.2) is 4.79 Å². The van der Waals surface area contributed by atoms with Crippen LogP contribution in [-0.4, -0.2) is 54.2 Å². The zero-order valence-corrected chi connectivity index (χ0v) is 15.1. The number of nitrogens with one attached hydrogen (secondary N) is 2. The Morgan fingerprint density at radius 1 is 1.00 bits per heavy atom. The smallest absolute Gasteiger partial charge is 0.323 e. The molecule has 0 spiro atoms. The van der Waals surface area contributed by atoms with Gasteiger partial charge in [-0.2, -0.15) is 0 Å². The van der Waals surface area contributed by atoms with Crippen LogP contribution in [0.25, 0.3) is 11.0 Å². The highest BCUT2D eigenvalue weighted by molar-refractivity contribution is 6.33. The molecule has 1 saturated heterocycles. The number of nitrogens with zero attached hydrogens (tertiary/aromatic N) is 2. The van der Waals surface area contributed by atoms with E-state index in [2.05, 4.69) is 25.8 Å². The number of imidazole rings is 1. The molecular formula is C19H21ClN4O2. The van der Waals surface area contributed by atoms with E-state index >= 15 is 0 Å². The van der Waals surface area contributed by atoms with E-state index in [1.54, 1.807) is 0 Å². The largest absolute Gasteiger partial charge is 0.492 e. The van der Waals surface area contributed by atoms with Gasteiger partial charge in [0.05, 0.1) is 21.7 Å². The number of hydrogen-bond donors (Lipinski definition) is 2. The number of hydrogen-bond acceptors (Lipinski definition) is 4. The number of benzene rings is 2. The van der Waals surface area contributed by atoms with Crippen molar-refractivity contribution >= 4 is 28.3 Å². The lowest BCUT2D eigenvalue weighted by atomic mass is 10.2. The number of aromatic nitrogens is 2. The summed E-state index contributed by atoms with van der Waals surface area (Å²) in [5.74, 6) is 0.766. The Balaban J connectivity index is 1.27. The first-order valence-electron chi connectivity index (χ1n) is 8.76. The van der Waals surface area contributed by atoms with Crippen molar-refractivity contribution in [2.24, 2.45) is 0 Å². The SMILES string of the molecule is O=c1[nH]c2ccc(OCCN3CCN(c4ccccc4Cl)CC3)cc2[nH]1. The summed E-state index contributed by atoms with van der Waals surface area (Å²) in [4.78, 5) is 21.5. The second-order valence-electron chi connectivity index (χ2n) is 6.42. The molecule has 0 aliphatic carbocycles. The molecule has 1 aromatic heterocycles. The summed E-state index contributed by atoms with van der Waals surface area (Å²) in [5.41, 5.74) is 2.46. The number of aromatic amines is 2. The molecule has 0 saturated carbocycles. The number of piperazine rings is 1. The third-order valence-electron chi connectivity index (χ3n) is 4.73. The minimum Gasteiger partial charge on any atom is -0.492 e. The molecule has 26 heavy (non-hydrogen) atoms. The molecule has 2 N–H and O–H groups in total. The molecule has 2 aromatic carbocycles. The number of para-hydroxylation sites is 1. The van der Waals surface area contributed by atoms with Crippen LogP contribution in [0.15, 0.2) is 47.3 Å². The van der Waals surface area contributed by atoms with Crippen molar-refractivity contribution in [1.29, 1.82) is 0 Å². The normalized spacial score (nSPS) is 15.5. The van der Waals surface area contributed by atoms with Crippen LogP contribution < -0.4 is 15.3 Å². The fourth-order valence-corrected chi connectivity index (χ4v) is 3.57. The van der Waals surface area contributed by atoms with E-state index in [0.29, 0.717) is 6.61 Å². The molecule has 2 heterocycles. The molecule has 7 heteroatoms. The van der Waals surface area contributed by atoms with E-state index < -0.39 is 0 Å². The van der Waals surface area contributed by atoms with Crippen LogP contribution in [0, 0.1) is 0 Å². The van der Waals surface area contributed by atoms with Gasteiger partial charge in [-0.05, 0) is 24.3 Å². The summed E-state index contributed by atoms with van der Waals surface area (Å²) in [7, 11) is 0. The van der Waals surface area contributed by atoms with Gasteiger partial charge in [0, 0.05) is 38.8 Å². The van der Waals surface area contributed by atoms with Gasteiger partial charge in [-0.1, -0.05) is 23.7 Å². The molecule has 0 atom stereocenters. The highest BCUT2D eigenvalue weighted by Gasteiger charge is 2.18. The van der Waals surface area contributed by atoms with Crippen molar-refractivity contribution in [2.45, 2.75) is 0 Å². The maximum atomic E-state index is 11.3. The first-order chi connectivity index (χ1) is 12.7. The van der Waals surface area contributed by atoms with Crippen LogP contribution >= 0.6 is 11.6 Å². The van der Waals surface area contributed by atoms with Crippen molar-refractivity contribution in [2.75, 3.05) is 44.2 Å². The lowest BCUT2D eigenvalue weighted by Gasteiger charge is -2.36. The van der Waals surface area contributed by atoms with Crippen LogP contribution in [0.5, 0.6) is 5.75 Å². The van der Waals surface area contributed by atoms with Crippen LogP contribution in [-0.2, 0) is 0 Å². The van der Waals surface area contributed by atoms with E-state index in [9.17, 15) is 4.79 Å². The van der Waals surface area contributed by atoms with E-state index in [4.69, 9.17) is 16.3 Å². The van der Waals surface area contributed by atoms with Crippen molar-refractivity contribution in [3.63, 3.8) is 0 Å². The van der Waals surface area contributed by atoms with Gasteiger partial charge >= 0.3 is 5.69 Å². The molecule has 0 amide bonds. The summed E-state index contributed by atoms with van der Waals surface area (Å²) in [6.45, 7) is 5.38. The molecule has 0 bridgehead atoms. The van der Waals surface area contributed by atoms with Gasteiger partial charge in [0.2, 0.25) is 0 Å². The number of ether oxygens (including phenoxy) is 1. The zero-order chi connectivity index (χ0) is 17.9. The lowest BCUT2D eigenvalue weighted by molar-refractivity contribution is 0.200. The first-order valence-corrected chi connectivity index (χ1v) is 9.13. The van der Waals surface area contributed by atoms with Crippen molar-refractivity contribution in [3.05, 3.63) is 58.0 Å². The van der Waals surface area contributed by atoms with E-state index in [-0.39, 0.29) is 5.69 Å². The van der Waals surface area contributed by atoms with Crippen molar-refractivity contribution in [3.8, 4) is 5.75 Å². The molecule has 4 rings (SSSR count). The van der Waals surface area contributed by atoms with Gasteiger partial charge < -0.3 is 19.6 Å². The van der Waals surface area contributed by atoms with E-state index in [0.717, 1.165) is 60.2 Å². The molecule has 1 aliphatic rings. The van der Waals surface area contributed by atoms with Gasteiger partial charge in [-0.3, -0.25) is 4.90 Å². The van der Waals surface area contributed by atoms with E-state index in [1.165, 1.54) is 0 Å². The van der Waals surface area contributed by atoms with Crippen LogP contribution in [0.4, 0.5) is 5.69 Å². The molecule has 136 valence electrons. The summed E-state index contributed by atoms with van der Waals surface area (Å²) in [5, 5.41) is 0.808. The molecule has 1 aliphatic heterocycles. The maximum Gasteiger partial charge on any atom is 0.323 e. The third-order valence-corrected chi connectivity index (χ3v) is 5.05. The number of halogens is 1. The Hall–Kier alpha value is -2.44. The first kappa shape index (κ1) is 17.0.